The maximum Gasteiger partial charge on any atom is 0.310 e. The van der Waals surface area contributed by atoms with Gasteiger partial charge in [0.1, 0.15) is 5.52 Å². The highest BCUT2D eigenvalue weighted by Gasteiger charge is 2.54. The summed E-state index contributed by atoms with van der Waals surface area (Å²) in [5.41, 5.74) is 3.64. The highest BCUT2D eigenvalue weighted by molar-refractivity contribution is 5.83. The van der Waals surface area contributed by atoms with E-state index in [-0.39, 0.29) is 25.3 Å². The third-order valence-corrected chi connectivity index (χ3v) is 8.42. The number of benzene rings is 3. The molecular formula is C31H29NO10. The molecule has 4 atom stereocenters. The van der Waals surface area contributed by atoms with Crippen molar-refractivity contribution in [3.8, 4) is 40.2 Å². The zero-order valence-electron chi connectivity index (χ0n) is 23.7. The number of aromatic nitrogens is 1. The van der Waals surface area contributed by atoms with E-state index in [1.165, 1.54) is 0 Å². The topological polar surface area (TPSA) is 117 Å². The van der Waals surface area contributed by atoms with Gasteiger partial charge in [0.2, 0.25) is 29.8 Å². The zero-order chi connectivity index (χ0) is 29.1. The van der Waals surface area contributed by atoms with Gasteiger partial charge in [0.15, 0.2) is 28.7 Å². The van der Waals surface area contributed by atoms with Gasteiger partial charge in [0.05, 0.1) is 54.0 Å². The number of rotatable bonds is 7. The molecule has 1 saturated heterocycles. The van der Waals surface area contributed by atoms with E-state index in [9.17, 15) is 4.79 Å². The van der Waals surface area contributed by atoms with Crippen molar-refractivity contribution in [1.82, 2.24) is 4.98 Å². The maximum atomic E-state index is 13.5. The van der Waals surface area contributed by atoms with Gasteiger partial charge >= 0.3 is 5.97 Å². The number of fused-ring (bicyclic) bond motifs is 4. The maximum absolute atomic E-state index is 13.5. The summed E-state index contributed by atoms with van der Waals surface area (Å²) in [4.78, 5) is 18.4. The molecule has 3 heterocycles. The van der Waals surface area contributed by atoms with Crippen LogP contribution in [0.5, 0.6) is 40.2 Å². The average Bonchev–Trinajstić information content (AvgIpc) is 3.75. The van der Waals surface area contributed by atoms with Crippen molar-refractivity contribution in [2.45, 2.75) is 11.8 Å². The lowest BCUT2D eigenvalue weighted by molar-refractivity contribution is -0.141. The van der Waals surface area contributed by atoms with Crippen LogP contribution >= 0.6 is 0 Å². The van der Waals surface area contributed by atoms with Gasteiger partial charge in [-0.1, -0.05) is 0 Å². The van der Waals surface area contributed by atoms with E-state index in [0.717, 1.165) is 16.7 Å². The molecule has 0 spiro atoms. The first-order chi connectivity index (χ1) is 20.5. The number of cyclic esters (lactones) is 1. The van der Waals surface area contributed by atoms with E-state index in [2.05, 4.69) is 0 Å². The van der Waals surface area contributed by atoms with Gasteiger partial charge in [-0.2, -0.15) is 0 Å². The fourth-order valence-corrected chi connectivity index (χ4v) is 6.61. The van der Waals surface area contributed by atoms with E-state index < -0.39 is 17.8 Å². The monoisotopic (exact) mass is 575 g/mol. The predicted molar refractivity (Wildman–Crippen MR) is 147 cm³/mol. The summed E-state index contributed by atoms with van der Waals surface area (Å²) in [5.74, 6) is 2.05. The minimum Gasteiger partial charge on any atom is -0.493 e. The van der Waals surface area contributed by atoms with Crippen LogP contribution in [0.1, 0.15) is 34.4 Å². The molecule has 0 bridgehead atoms. The molecule has 1 aromatic heterocycles. The predicted octanol–water partition coefficient (Wildman–Crippen LogP) is 4.67. The molecular weight excluding hydrogens is 546 g/mol. The summed E-state index contributed by atoms with van der Waals surface area (Å²) in [7, 11) is 7.80. The van der Waals surface area contributed by atoms with Crippen LogP contribution in [0.3, 0.4) is 0 Å². The molecule has 1 fully saturated rings. The molecule has 218 valence electrons. The molecule has 3 aliphatic rings. The number of hydrogen-bond acceptors (Lipinski definition) is 11. The van der Waals surface area contributed by atoms with Crippen LogP contribution in [0.15, 0.2) is 40.8 Å². The van der Waals surface area contributed by atoms with Crippen LogP contribution in [0.4, 0.5) is 0 Å². The van der Waals surface area contributed by atoms with Crippen molar-refractivity contribution in [2.75, 3.05) is 48.9 Å². The molecule has 3 aromatic carbocycles. The minimum atomic E-state index is -0.558. The summed E-state index contributed by atoms with van der Waals surface area (Å²) in [6.07, 6.45) is 0. The number of oxazole rings is 1. The molecule has 2 aliphatic heterocycles. The smallest absolute Gasteiger partial charge is 0.310 e. The van der Waals surface area contributed by atoms with Gasteiger partial charge in [-0.3, -0.25) is 4.79 Å². The van der Waals surface area contributed by atoms with E-state index in [1.54, 1.807) is 41.6 Å². The van der Waals surface area contributed by atoms with E-state index in [0.29, 0.717) is 57.2 Å². The fourth-order valence-electron chi connectivity index (χ4n) is 6.61. The van der Waals surface area contributed by atoms with Crippen molar-refractivity contribution in [2.24, 2.45) is 11.8 Å². The highest BCUT2D eigenvalue weighted by Crippen LogP contribution is 2.58. The number of methoxy groups -OCH3 is 5. The van der Waals surface area contributed by atoms with Crippen LogP contribution in [-0.4, -0.2) is 59.9 Å². The first-order valence-electron chi connectivity index (χ1n) is 13.4. The van der Waals surface area contributed by atoms with Gasteiger partial charge in [-0.05, 0) is 53.1 Å². The molecule has 0 N–H and O–H groups in total. The van der Waals surface area contributed by atoms with E-state index in [1.807, 2.05) is 30.3 Å². The Morgan fingerprint density at radius 1 is 0.738 bits per heavy atom. The number of carbonyl (C=O) groups is 1. The zero-order valence-corrected chi connectivity index (χ0v) is 23.7. The normalized spacial score (nSPS) is 21.9. The average molecular weight is 576 g/mol. The van der Waals surface area contributed by atoms with Crippen molar-refractivity contribution in [3.05, 3.63) is 59.0 Å². The Balaban J connectivity index is 1.47. The standard InChI is InChI=1S/C31H29NO10/c1-34-19-7-6-18-27(29(19)38-5)42-30(32-18)25-16-11-21-20(40-13-41-21)10-15(16)24(26-17(25)12-39-31(26)33)14-8-22(35-2)28(37-4)23(9-14)36-3/h6-11,17,24-26H,12-13H2,1-5H3/t17-,24-,25-,26+/m1/s1. The Bertz CT molecular complexity index is 1690. The largest absolute Gasteiger partial charge is 0.493 e. The van der Waals surface area contributed by atoms with Crippen LogP contribution in [0, 0.1) is 11.8 Å². The number of ether oxygens (including phenoxy) is 8. The Labute approximate surface area is 241 Å². The lowest BCUT2D eigenvalue weighted by Gasteiger charge is -2.38. The Morgan fingerprint density at radius 3 is 2.00 bits per heavy atom. The third-order valence-electron chi connectivity index (χ3n) is 8.42. The molecule has 11 nitrogen and oxygen atoms in total. The lowest BCUT2D eigenvalue weighted by Crippen LogP contribution is -2.35. The summed E-state index contributed by atoms with van der Waals surface area (Å²) in [5, 5.41) is 0. The van der Waals surface area contributed by atoms with Crippen LogP contribution in [-0.2, 0) is 9.53 Å². The quantitative estimate of drug-likeness (QED) is 0.286. The first kappa shape index (κ1) is 26.1. The number of hydrogen-bond donors (Lipinski definition) is 0. The fraction of sp³-hybridized carbons (Fsp3) is 0.355. The van der Waals surface area contributed by atoms with Crippen LogP contribution in [0.25, 0.3) is 11.1 Å². The molecule has 42 heavy (non-hydrogen) atoms. The van der Waals surface area contributed by atoms with Crippen molar-refractivity contribution in [1.29, 1.82) is 0 Å². The van der Waals surface area contributed by atoms with Gasteiger partial charge in [-0.25, -0.2) is 4.98 Å². The Kier molecular flexibility index (Phi) is 6.18. The number of esters is 1. The minimum absolute atomic E-state index is 0.104. The van der Waals surface area contributed by atoms with E-state index in [4.69, 9.17) is 47.3 Å². The Hall–Kier alpha value is -4.80. The van der Waals surface area contributed by atoms with Crippen molar-refractivity contribution in [3.63, 3.8) is 0 Å². The van der Waals surface area contributed by atoms with Crippen molar-refractivity contribution >= 4 is 17.1 Å². The summed E-state index contributed by atoms with van der Waals surface area (Å²) in [6.45, 7) is 0.300. The Morgan fingerprint density at radius 2 is 1.38 bits per heavy atom. The highest BCUT2D eigenvalue weighted by atomic mass is 16.7. The number of nitrogens with zero attached hydrogens (tertiary/aromatic N) is 1. The molecule has 1 aliphatic carbocycles. The van der Waals surface area contributed by atoms with Crippen LogP contribution in [0.2, 0.25) is 0 Å². The lowest BCUT2D eigenvalue weighted by atomic mass is 9.62. The van der Waals surface area contributed by atoms with Gasteiger partial charge < -0.3 is 42.3 Å². The molecule has 4 aromatic rings. The van der Waals surface area contributed by atoms with E-state index >= 15 is 0 Å². The molecule has 11 heteroatoms. The number of carbonyl (C=O) groups excluding carboxylic acids is 1. The SMILES string of the molecule is COc1cc([C@@H]2c3cc4c(cc3[C@@H](c3nc5ccc(OC)c(OC)c5o3)[C@H]3COC(=O)[C@H]23)OCO4)cc(OC)c1OC. The second-order valence-electron chi connectivity index (χ2n) is 10.3. The van der Waals surface area contributed by atoms with Gasteiger partial charge in [-0.15, -0.1) is 0 Å². The second kappa shape index (κ2) is 9.93. The molecule has 0 saturated carbocycles. The summed E-state index contributed by atoms with van der Waals surface area (Å²) in [6, 6.07) is 11.2. The van der Waals surface area contributed by atoms with Crippen LogP contribution < -0.4 is 33.2 Å². The van der Waals surface area contributed by atoms with Gasteiger partial charge in [0.25, 0.3) is 0 Å². The molecule has 0 unspecified atom stereocenters. The second-order valence-corrected chi connectivity index (χ2v) is 10.3. The first-order valence-corrected chi connectivity index (χ1v) is 13.4. The summed E-state index contributed by atoms with van der Waals surface area (Å²) < 4.78 is 51.7. The van der Waals surface area contributed by atoms with Gasteiger partial charge in [0, 0.05) is 11.8 Å². The molecule has 0 radical (unpaired) electrons. The summed E-state index contributed by atoms with van der Waals surface area (Å²) >= 11 is 0. The third kappa shape index (κ3) is 3.72. The van der Waals surface area contributed by atoms with Crippen molar-refractivity contribution < 1.29 is 47.1 Å². The molecule has 7 rings (SSSR count). The molecule has 0 amide bonds.